The Bertz CT molecular complexity index is 1620. The third-order valence-corrected chi connectivity index (χ3v) is 8.76. The lowest BCUT2D eigenvalue weighted by atomic mass is 9.57. The van der Waals surface area contributed by atoms with Crippen LogP contribution in [0.1, 0.15) is 42.4 Å². The molecule has 0 aliphatic heterocycles. The van der Waals surface area contributed by atoms with Crippen LogP contribution < -0.4 is 5.73 Å². The molecule has 0 spiro atoms. The molecular formula is C30H31F3N4O7. The Labute approximate surface area is 249 Å². The molecule has 1 amide bonds. The molecular weight excluding hydrogens is 585 g/mol. The van der Waals surface area contributed by atoms with Gasteiger partial charge in [0.25, 0.3) is 5.91 Å². The number of unbranched alkanes of at least 4 members (excludes halogenated alkanes) is 1. The van der Waals surface area contributed by atoms with Gasteiger partial charge >= 0.3 is 6.18 Å². The van der Waals surface area contributed by atoms with E-state index in [-0.39, 0.29) is 54.6 Å². The fraction of sp³-hybridized carbons (Fsp3) is 0.433. The van der Waals surface area contributed by atoms with Gasteiger partial charge in [-0.1, -0.05) is 0 Å². The first-order valence-electron chi connectivity index (χ1n) is 14.0. The lowest BCUT2D eigenvalue weighted by molar-refractivity contribution is -0.153. The summed E-state index contributed by atoms with van der Waals surface area (Å²) in [6, 6.07) is 1.90. The Morgan fingerprint density at radius 2 is 1.80 bits per heavy atom. The van der Waals surface area contributed by atoms with Gasteiger partial charge in [-0.2, -0.15) is 13.2 Å². The van der Waals surface area contributed by atoms with Crippen LogP contribution in [-0.4, -0.2) is 84.7 Å². The lowest BCUT2D eigenvalue weighted by Crippen LogP contribution is -2.65. The molecule has 0 bridgehead atoms. The van der Waals surface area contributed by atoms with Gasteiger partial charge in [-0.05, 0) is 75.4 Å². The molecule has 1 saturated carbocycles. The first kappa shape index (κ1) is 31.1. The molecule has 1 heterocycles. The molecule has 1 aromatic carbocycles. The fourth-order valence-corrected chi connectivity index (χ4v) is 6.84. The van der Waals surface area contributed by atoms with E-state index in [1.807, 2.05) is 0 Å². The molecule has 6 N–H and O–H groups in total. The summed E-state index contributed by atoms with van der Waals surface area (Å²) in [6.07, 6.45) is -2.65. The van der Waals surface area contributed by atoms with E-state index in [0.717, 1.165) is 0 Å². The number of hydrogen-bond acceptors (Lipinski definition) is 10. The van der Waals surface area contributed by atoms with Crippen LogP contribution in [0, 0.1) is 11.8 Å². The average Bonchev–Trinajstić information content (AvgIpc) is 2.93. The molecule has 5 rings (SSSR count). The number of likely N-dealkylation sites (N-methyl/N-ethyl adjacent to an activating group) is 1. The molecule has 3 aliphatic carbocycles. The van der Waals surface area contributed by atoms with Gasteiger partial charge in [-0.3, -0.25) is 19.3 Å². The number of aliphatic hydroxyl groups excluding tert-OH is 2. The number of nitrogens with zero attached hydrogens (tertiary/aromatic N) is 3. The standard InChI is InChI=1S/C30H31F3N4O7/c1-37(2)21-17-12-14-11-15-16(28-35-8-5-9-36-28)10-13(6-3-4-7-29(31,32)33)22(38)19(15)23(39)18(14)25(41)30(17,44)26(42)20(24(21)40)27(34)43/h5,8-10,14,17,21,38-39,42,44H,3-4,6-7,11-12H2,1-2H3,(H2,34,43)/t14-,17-,21-,30-/m0/s1. The largest absolute Gasteiger partial charge is 0.508 e. The number of phenolic OH excluding ortho intramolecular Hbond substituents is 1. The topological polar surface area (TPSA) is 187 Å². The number of carbonyl (C=O) groups excluding carboxylic acids is 3. The molecule has 2 aromatic rings. The number of hydrogen-bond donors (Lipinski definition) is 5. The molecule has 3 aliphatic rings. The quantitative estimate of drug-likeness (QED) is 0.229. The van der Waals surface area contributed by atoms with Gasteiger partial charge in [0, 0.05) is 35.9 Å². The summed E-state index contributed by atoms with van der Waals surface area (Å²) in [5.41, 5.74) is 2.07. The molecule has 1 fully saturated rings. The molecule has 234 valence electrons. The Morgan fingerprint density at radius 1 is 1.14 bits per heavy atom. The third kappa shape index (κ3) is 4.91. The zero-order chi connectivity index (χ0) is 32.3. The minimum Gasteiger partial charge on any atom is -0.508 e. The maximum absolute atomic E-state index is 14.1. The van der Waals surface area contributed by atoms with Crippen LogP contribution >= 0.6 is 0 Å². The van der Waals surface area contributed by atoms with Crippen LogP contribution in [0.25, 0.3) is 17.1 Å². The van der Waals surface area contributed by atoms with Crippen LogP contribution in [0.5, 0.6) is 5.75 Å². The van der Waals surface area contributed by atoms with Crippen molar-refractivity contribution in [1.82, 2.24) is 14.9 Å². The summed E-state index contributed by atoms with van der Waals surface area (Å²) in [6.45, 7) is 0. The number of halogens is 3. The Morgan fingerprint density at radius 3 is 2.39 bits per heavy atom. The Hall–Kier alpha value is -4.30. The molecule has 11 nitrogen and oxygen atoms in total. The monoisotopic (exact) mass is 616 g/mol. The summed E-state index contributed by atoms with van der Waals surface area (Å²) in [4.78, 5) is 49.5. The summed E-state index contributed by atoms with van der Waals surface area (Å²) < 4.78 is 38.2. The number of rotatable bonds is 7. The normalized spacial score (nSPS) is 25.2. The molecule has 4 atom stereocenters. The van der Waals surface area contributed by atoms with Crippen molar-refractivity contribution in [2.24, 2.45) is 17.6 Å². The van der Waals surface area contributed by atoms with E-state index in [0.29, 0.717) is 11.1 Å². The van der Waals surface area contributed by atoms with E-state index in [4.69, 9.17) is 5.73 Å². The Kier molecular flexibility index (Phi) is 7.79. The van der Waals surface area contributed by atoms with Crippen LogP contribution in [-0.2, 0) is 27.2 Å². The minimum atomic E-state index is -4.35. The maximum atomic E-state index is 14.1. The average molecular weight is 617 g/mol. The second-order valence-electron chi connectivity index (χ2n) is 11.6. The summed E-state index contributed by atoms with van der Waals surface area (Å²) in [7, 11) is 3.01. The number of aliphatic hydroxyl groups is 3. The number of aromatic nitrogens is 2. The van der Waals surface area contributed by atoms with E-state index in [2.05, 4.69) is 9.97 Å². The predicted molar refractivity (Wildman–Crippen MR) is 149 cm³/mol. The number of nitrogens with two attached hydrogens (primary N) is 1. The lowest BCUT2D eigenvalue weighted by Gasteiger charge is -2.50. The SMILES string of the molecule is CN(C)[C@@H]1C(=O)C(C(N)=O)=C(O)[C@@]2(O)C(=O)C3=C(O)c4c(O)c(CCCCC(F)(F)F)cc(-c5ncccn5)c4C[C@H]3C[C@@H]12. The van der Waals surface area contributed by atoms with Crippen molar-refractivity contribution < 1.29 is 48.0 Å². The zero-order valence-corrected chi connectivity index (χ0v) is 23.9. The van der Waals surface area contributed by atoms with E-state index >= 15 is 0 Å². The molecule has 0 saturated heterocycles. The number of ketones is 2. The fourth-order valence-electron chi connectivity index (χ4n) is 6.84. The maximum Gasteiger partial charge on any atom is 0.389 e. The van der Waals surface area contributed by atoms with Crippen LogP contribution in [0.2, 0.25) is 0 Å². The molecule has 14 heteroatoms. The number of carbonyl (C=O) groups is 3. The van der Waals surface area contributed by atoms with Crippen LogP contribution in [0.4, 0.5) is 13.2 Å². The number of aryl methyl sites for hydroxylation is 1. The van der Waals surface area contributed by atoms with Crippen molar-refractivity contribution in [2.75, 3.05) is 14.1 Å². The van der Waals surface area contributed by atoms with Gasteiger partial charge in [0.2, 0.25) is 5.78 Å². The van der Waals surface area contributed by atoms with E-state index < -0.39 is 76.4 Å². The number of amides is 1. The predicted octanol–water partition coefficient (Wildman–Crippen LogP) is 2.70. The highest BCUT2D eigenvalue weighted by atomic mass is 19.4. The second-order valence-corrected chi connectivity index (χ2v) is 11.6. The highest BCUT2D eigenvalue weighted by molar-refractivity contribution is 6.24. The molecule has 0 radical (unpaired) electrons. The third-order valence-electron chi connectivity index (χ3n) is 8.76. The van der Waals surface area contributed by atoms with Crippen molar-refractivity contribution in [3.05, 3.63) is 58.1 Å². The second kappa shape index (κ2) is 11.0. The van der Waals surface area contributed by atoms with Crippen molar-refractivity contribution in [3.8, 4) is 17.1 Å². The number of benzene rings is 1. The summed E-state index contributed by atoms with van der Waals surface area (Å²) >= 11 is 0. The van der Waals surface area contributed by atoms with Crippen molar-refractivity contribution in [3.63, 3.8) is 0 Å². The molecule has 1 aromatic heterocycles. The number of primary amides is 1. The molecule has 0 unspecified atom stereocenters. The number of Topliss-reactive ketones (excluding diaryl/α,β-unsaturated/α-hetero) is 2. The number of fused-ring (bicyclic) bond motifs is 3. The van der Waals surface area contributed by atoms with Gasteiger partial charge in [-0.15, -0.1) is 0 Å². The summed E-state index contributed by atoms with van der Waals surface area (Å²) in [5.74, 6) is -7.56. The van der Waals surface area contributed by atoms with Gasteiger partial charge in [-0.25, -0.2) is 9.97 Å². The van der Waals surface area contributed by atoms with Gasteiger partial charge in [0.15, 0.2) is 17.2 Å². The van der Waals surface area contributed by atoms with Crippen molar-refractivity contribution in [1.29, 1.82) is 0 Å². The van der Waals surface area contributed by atoms with Crippen LogP contribution in [0.3, 0.4) is 0 Å². The van der Waals surface area contributed by atoms with E-state index in [9.17, 15) is 48.0 Å². The number of aromatic hydroxyl groups is 1. The zero-order valence-electron chi connectivity index (χ0n) is 23.9. The number of alkyl halides is 3. The van der Waals surface area contributed by atoms with Gasteiger partial charge in [0.05, 0.1) is 11.6 Å². The first-order valence-corrected chi connectivity index (χ1v) is 14.0. The van der Waals surface area contributed by atoms with Gasteiger partial charge in [0.1, 0.15) is 22.8 Å². The highest BCUT2D eigenvalue weighted by Gasteiger charge is 2.64. The molecule has 44 heavy (non-hydrogen) atoms. The van der Waals surface area contributed by atoms with Crippen LogP contribution in [0.15, 0.2) is 41.4 Å². The minimum absolute atomic E-state index is 0.000843. The van der Waals surface area contributed by atoms with Gasteiger partial charge < -0.3 is 26.2 Å². The Balaban J connectivity index is 1.68. The summed E-state index contributed by atoms with van der Waals surface area (Å²) in [5, 5.41) is 45.7. The van der Waals surface area contributed by atoms with E-state index in [1.54, 1.807) is 12.1 Å². The van der Waals surface area contributed by atoms with Crippen molar-refractivity contribution in [2.45, 2.75) is 56.3 Å². The highest BCUT2D eigenvalue weighted by Crippen LogP contribution is 2.54. The van der Waals surface area contributed by atoms with E-state index in [1.165, 1.54) is 31.4 Å². The first-order chi connectivity index (χ1) is 20.6. The van der Waals surface area contributed by atoms with Crippen molar-refractivity contribution >= 4 is 23.2 Å². The number of phenols is 1. The smallest absolute Gasteiger partial charge is 0.389 e.